The standard InChI is InChI=1S/C21H25N3O2S2/c1-3-24(15-7-5-4-6-8-15)18(25)11-23-13-22-20-19(21(23)26)16(12-27-20)17-10-9-14(2)28-17/h9-10,12-13,15H,3-8,11H2,1-2H3. The first kappa shape index (κ1) is 19.3. The van der Waals surface area contributed by atoms with Crippen LogP contribution in [0, 0.1) is 6.92 Å². The van der Waals surface area contributed by atoms with E-state index in [0.717, 1.165) is 28.1 Å². The minimum atomic E-state index is -0.125. The molecule has 148 valence electrons. The number of hydrogen-bond acceptors (Lipinski definition) is 5. The predicted molar refractivity (Wildman–Crippen MR) is 116 cm³/mol. The van der Waals surface area contributed by atoms with Gasteiger partial charge in [-0.25, -0.2) is 4.98 Å². The summed E-state index contributed by atoms with van der Waals surface area (Å²) in [6, 6.07) is 4.42. The minimum absolute atomic E-state index is 0.0152. The molecule has 0 radical (unpaired) electrons. The Morgan fingerprint density at radius 2 is 2.07 bits per heavy atom. The zero-order chi connectivity index (χ0) is 19.7. The van der Waals surface area contributed by atoms with Crippen molar-refractivity contribution in [3.63, 3.8) is 0 Å². The highest BCUT2D eigenvalue weighted by Crippen LogP contribution is 2.34. The minimum Gasteiger partial charge on any atom is -0.338 e. The highest BCUT2D eigenvalue weighted by atomic mass is 32.1. The van der Waals surface area contributed by atoms with Gasteiger partial charge in [-0.15, -0.1) is 22.7 Å². The Bertz CT molecular complexity index is 1040. The Labute approximate surface area is 172 Å². The highest BCUT2D eigenvalue weighted by molar-refractivity contribution is 7.19. The molecule has 1 amide bonds. The third kappa shape index (κ3) is 3.65. The molecule has 5 nitrogen and oxygen atoms in total. The Morgan fingerprint density at radius 3 is 2.75 bits per heavy atom. The third-order valence-corrected chi connectivity index (χ3v) is 7.47. The van der Waals surface area contributed by atoms with Crippen LogP contribution in [0.25, 0.3) is 20.7 Å². The molecule has 4 rings (SSSR count). The van der Waals surface area contributed by atoms with Crippen LogP contribution in [0.1, 0.15) is 43.9 Å². The highest BCUT2D eigenvalue weighted by Gasteiger charge is 2.25. The number of aryl methyl sites for hydroxylation is 1. The molecule has 3 aromatic heterocycles. The number of nitrogens with zero attached hydrogens (tertiary/aromatic N) is 3. The topological polar surface area (TPSA) is 55.2 Å². The molecular weight excluding hydrogens is 390 g/mol. The van der Waals surface area contributed by atoms with Crippen LogP contribution in [0.3, 0.4) is 0 Å². The zero-order valence-corrected chi connectivity index (χ0v) is 17.9. The largest absolute Gasteiger partial charge is 0.338 e. The van der Waals surface area contributed by atoms with Crippen molar-refractivity contribution in [2.75, 3.05) is 6.54 Å². The molecule has 0 atom stereocenters. The summed E-state index contributed by atoms with van der Waals surface area (Å²) in [6.45, 7) is 4.83. The average Bonchev–Trinajstić information content (AvgIpc) is 3.32. The van der Waals surface area contributed by atoms with Gasteiger partial charge in [-0.1, -0.05) is 19.3 Å². The van der Waals surface area contributed by atoms with Crippen LogP contribution in [0.4, 0.5) is 0 Å². The quantitative estimate of drug-likeness (QED) is 0.608. The first-order valence-electron chi connectivity index (χ1n) is 9.91. The molecule has 7 heteroatoms. The van der Waals surface area contributed by atoms with Crippen LogP contribution >= 0.6 is 22.7 Å². The smallest absolute Gasteiger partial charge is 0.263 e. The van der Waals surface area contributed by atoms with Gasteiger partial charge in [0.2, 0.25) is 5.91 Å². The van der Waals surface area contributed by atoms with E-state index in [4.69, 9.17) is 0 Å². The van der Waals surface area contributed by atoms with Crippen molar-refractivity contribution in [1.82, 2.24) is 14.5 Å². The van der Waals surface area contributed by atoms with Crippen LogP contribution in [0.15, 0.2) is 28.6 Å². The molecule has 28 heavy (non-hydrogen) atoms. The summed E-state index contributed by atoms with van der Waals surface area (Å²) in [5.74, 6) is 0.0152. The van der Waals surface area contributed by atoms with Gasteiger partial charge in [-0.2, -0.15) is 0 Å². The van der Waals surface area contributed by atoms with E-state index >= 15 is 0 Å². The fraction of sp³-hybridized carbons (Fsp3) is 0.476. The predicted octanol–water partition coefficient (Wildman–Crippen LogP) is 4.68. The number of thiophene rings is 2. The first-order chi connectivity index (χ1) is 13.6. The lowest BCUT2D eigenvalue weighted by Gasteiger charge is -2.33. The summed E-state index contributed by atoms with van der Waals surface area (Å²) < 4.78 is 1.48. The van der Waals surface area contributed by atoms with Crippen molar-refractivity contribution < 1.29 is 4.79 Å². The molecule has 1 saturated carbocycles. The van der Waals surface area contributed by atoms with Gasteiger partial charge in [0.25, 0.3) is 5.56 Å². The van der Waals surface area contributed by atoms with Crippen molar-refractivity contribution in [1.29, 1.82) is 0 Å². The van der Waals surface area contributed by atoms with Crippen LogP contribution in [0.2, 0.25) is 0 Å². The van der Waals surface area contributed by atoms with Crippen LogP contribution in [0.5, 0.6) is 0 Å². The summed E-state index contributed by atoms with van der Waals surface area (Å²) in [5, 5.41) is 2.62. The first-order valence-corrected chi connectivity index (χ1v) is 11.6. The Balaban J connectivity index is 1.64. The van der Waals surface area contributed by atoms with E-state index in [-0.39, 0.29) is 18.0 Å². The number of likely N-dealkylation sites (N-methyl/N-ethyl adjacent to an activating group) is 1. The van der Waals surface area contributed by atoms with Crippen LogP contribution in [-0.4, -0.2) is 32.9 Å². The summed E-state index contributed by atoms with van der Waals surface area (Å²) >= 11 is 3.15. The summed E-state index contributed by atoms with van der Waals surface area (Å²) in [5.41, 5.74) is 0.803. The van der Waals surface area contributed by atoms with E-state index in [2.05, 4.69) is 18.0 Å². The SMILES string of the molecule is CCN(C(=O)Cn1cnc2scc(-c3ccc(C)s3)c2c1=O)C1CCCCC1. The van der Waals surface area contributed by atoms with Crippen LogP contribution in [-0.2, 0) is 11.3 Å². The average molecular weight is 416 g/mol. The summed E-state index contributed by atoms with van der Waals surface area (Å²) in [7, 11) is 0. The second-order valence-corrected chi connectivity index (χ2v) is 9.54. The van der Waals surface area contributed by atoms with Gasteiger partial charge in [-0.05, 0) is 38.8 Å². The van der Waals surface area contributed by atoms with E-state index < -0.39 is 0 Å². The Hall–Kier alpha value is -1.99. The van der Waals surface area contributed by atoms with Crippen molar-refractivity contribution in [3.05, 3.63) is 39.1 Å². The second-order valence-electron chi connectivity index (χ2n) is 7.39. The fourth-order valence-corrected chi connectivity index (χ4v) is 5.97. The molecule has 0 saturated heterocycles. The van der Waals surface area contributed by atoms with Crippen molar-refractivity contribution in [3.8, 4) is 10.4 Å². The normalized spacial score (nSPS) is 15.2. The fourth-order valence-electron chi connectivity index (χ4n) is 4.11. The monoisotopic (exact) mass is 415 g/mol. The number of fused-ring (bicyclic) bond motifs is 1. The van der Waals surface area contributed by atoms with E-state index in [0.29, 0.717) is 18.0 Å². The lowest BCUT2D eigenvalue weighted by Crippen LogP contribution is -2.44. The zero-order valence-electron chi connectivity index (χ0n) is 16.3. The van der Waals surface area contributed by atoms with Crippen LogP contribution < -0.4 is 5.56 Å². The lowest BCUT2D eigenvalue weighted by molar-refractivity contribution is -0.134. The van der Waals surface area contributed by atoms with E-state index in [1.165, 1.54) is 46.4 Å². The Kier molecular flexibility index (Phi) is 5.64. The number of hydrogen-bond donors (Lipinski definition) is 0. The van der Waals surface area contributed by atoms with Gasteiger partial charge in [0, 0.05) is 33.3 Å². The second kappa shape index (κ2) is 8.17. The number of aromatic nitrogens is 2. The summed E-state index contributed by atoms with van der Waals surface area (Å²) in [4.78, 5) is 35.6. The molecule has 1 fully saturated rings. The van der Waals surface area contributed by atoms with E-state index in [1.807, 2.05) is 23.3 Å². The number of carbonyl (C=O) groups excluding carboxylic acids is 1. The maximum absolute atomic E-state index is 13.2. The maximum atomic E-state index is 13.2. The molecule has 1 aliphatic carbocycles. The Morgan fingerprint density at radius 1 is 1.29 bits per heavy atom. The molecule has 0 bridgehead atoms. The van der Waals surface area contributed by atoms with Gasteiger partial charge in [0.05, 0.1) is 11.7 Å². The maximum Gasteiger partial charge on any atom is 0.263 e. The van der Waals surface area contributed by atoms with Gasteiger partial charge >= 0.3 is 0 Å². The third-order valence-electron chi connectivity index (χ3n) is 5.55. The van der Waals surface area contributed by atoms with Gasteiger partial charge in [0.15, 0.2) is 0 Å². The molecular formula is C21H25N3O2S2. The van der Waals surface area contributed by atoms with Gasteiger partial charge in [-0.3, -0.25) is 14.2 Å². The van der Waals surface area contributed by atoms with E-state index in [1.54, 1.807) is 11.3 Å². The lowest BCUT2D eigenvalue weighted by atomic mass is 9.94. The van der Waals surface area contributed by atoms with Gasteiger partial charge < -0.3 is 4.90 Å². The molecule has 3 aromatic rings. The number of rotatable bonds is 5. The molecule has 1 aliphatic rings. The molecule has 0 aromatic carbocycles. The molecule has 0 aliphatic heterocycles. The molecule has 3 heterocycles. The molecule has 0 unspecified atom stereocenters. The van der Waals surface area contributed by atoms with Crippen molar-refractivity contribution in [2.24, 2.45) is 0 Å². The van der Waals surface area contributed by atoms with Gasteiger partial charge in [0.1, 0.15) is 11.4 Å². The van der Waals surface area contributed by atoms with E-state index in [9.17, 15) is 9.59 Å². The van der Waals surface area contributed by atoms with Crippen molar-refractivity contribution in [2.45, 2.75) is 58.5 Å². The van der Waals surface area contributed by atoms with Crippen molar-refractivity contribution >= 4 is 38.8 Å². The molecule has 0 N–H and O–H groups in total. The number of amides is 1. The molecule has 0 spiro atoms. The summed E-state index contributed by atoms with van der Waals surface area (Å²) in [6.07, 6.45) is 7.28. The number of carbonyl (C=O) groups is 1.